The van der Waals surface area contributed by atoms with Crippen LogP contribution in [-0.4, -0.2) is 0 Å². The first-order valence-corrected chi connectivity index (χ1v) is 15.8. The lowest BCUT2D eigenvalue weighted by Gasteiger charge is -2.27. The largest absolute Gasteiger partial charge is 0.309 e. The molecule has 0 aliphatic rings. The van der Waals surface area contributed by atoms with E-state index in [1.165, 1.54) is 69.3 Å². The summed E-state index contributed by atoms with van der Waals surface area (Å²) in [5, 5.41) is 10.3. The minimum absolute atomic E-state index is 1.14. The Morgan fingerprint density at radius 2 is 0.909 bits per heavy atom. The third-order valence-electron chi connectivity index (χ3n) is 8.83. The van der Waals surface area contributed by atoms with E-state index in [0.717, 1.165) is 11.4 Å². The van der Waals surface area contributed by atoms with Crippen molar-refractivity contribution in [3.05, 3.63) is 164 Å². The summed E-state index contributed by atoms with van der Waals surface area (Å²) in [6, 6.07) is 59.7. The predicted molar refractivity (Wildman–Crippen MR) is 192 cm³/mol. The third-order valence-corrected chi connectivity index (χ3v) is 10.1. The molecule has 0 fully saturated rings. The van der Waals surface area contributed by atoms with Gasteiger partial charge < -0.3 is 4.90 Å². The zero-order chi connectivity index (χ0) is 29.0. The van der Waals surface area contributed by atoms with Gasteiger partial charge in [0, 0.05) is 26.8 Å². The first kappa shape index (κ1) is 25.1. The second kappa shape index (κ2) is 10.1. The average Bonchev–Trinajstić information content (AvgIpc) is 3.49. The highest BCUT2D eigenvalue weighted by Crippen LogP contribution is 2.47. The molecule has 0 atom stereocenters. The second-order valence-electron chi connectivity index (χ2n) is 11.4. The molecule has 8 aromatic carbocycles. The van der Waals surface area contributed by atoms with E-state index in [9.17, 15) is 0 Å². The van der Waals surface area contributed by atoms with Crippen LogP contribution in [0.5, 0.6) is 0 Å². The first-order chi connectivity index (χ1) is 21.8. The number of hydrogen-bond acceptors (Lipinski definition) is 2. The Morgan fingerprint density at radius 1 is 0.341 bits per heavy atom. The zero-order valence-corrected chi connectivity index (χ0v) is 24.8. The van der Waals surface area contributed by atoms with Crippen molar-refractivity contribution in [1.29, 1.82) is 0 Å². The van der Waals surface area contributed by atoms with Gasteiger partial charge in [-0.15, -0.1) is 11.3 Å². The number of benzene rings is 8. The zero-order valence-electron chi connectivity index (χ0n) is 23.9. The van der Waals surface area contributed by atoms with Gasteiger partial charge in [0.2, 0.25) is 0 Å². The Bertz CT molecular complexity index is 2490. The molecule has 206 valence electrons. The van der Waals surface area contributed by atoms with Crippen LogP contribution in [0.25, 0.3) is 63.6 Å². The number of rotatable bonds is 4. The molecule has 0 saturated carbocycles. The summed E-state index contributed by atoms with van der Waals surface area (Å²) in [6.45, 7) is 0. The van der Waals surface area contributed by atoms with E-state index < -0.39 is 0 Å². The molecular weight excluding hydrogens is 551 g/mol. The van der Waals surface area contributed by atoms with Crippen LogP contribution in [0, 0.1) is 0 Å². The molecular formula is C42H27NS. The van der Waals surface area contributed by atoms with E-state index >= 15 is 0 Å². The fourth-order valence-electron chi connectivity index (χ4n) is 6.69. The monoisotopic (exact) mass is 577 g/mol. The lowest BCUT2D eigenvalue weighted by Crippen LogP contribution is -2.10. The fraction of sp³-hybridized carbons (Fsp3) is 0. The Hall–Kier alpha value is -5.44. The van der Waals surface area contributed by atoms with Crippen molar-refractivity contribution in [3.63, 3.8) is 0 Å². The molecule has 1 nitrogen and oxygen atoms in total. The molecule has 0 saturated heterocycles. The average molecular weight is 578 g/mol. The summed E-state index contributed by atoms with van der Waals surface area (Å²) in [5.74, 6) is 0. The van der Waals surface area contributed by atoms with Crippen LogP contribution in [0.15, 0.2) is 164 Å². The number of nitrogens with zero attached hydrogens (tertiary/aromatic N) is 1. The van der Waals surface area contributed by atoms with E-state index in [2.05, 4.69) is 169 Å². The molecule has 9 rings (SSSR count). The maximum Gasteiger partial charge on any atom is 0.0640 e. The molecule has 0 aliphatic carbocycles. The van der Waals surface area contributed by atoms with Crippen molar-refractivity contribution in [3.8, 4) is 11.1 Å². The Morgan fingerprint density at radius 3 is 1.75 bits per heavy atom. The van der Waals surface area contributed by atoms with Gasteiger partial charge in [0.25, 0.3) is 0 Å². The lowest BCUT2D eigenvalue weighted by molar-refractivity contribution is 1.31. The molecule has 1 heterocycles. The maximum absolute atomic E-state index is 2.43. The fourth-order valence-corrected chi connectivity index (χ4v) is 8.03. The first-order valence-electron chi connectivity index (χ1n) is 15.0. The number of hydrogen-bond donors (Lipinski definition) is 0. The molecule has 0 radical (unpaired) electrons. The van der Waals surface area contributed by atoms with E-state index in [0.29, 0.717) is 0 Å². The van der Waals surface area contributed by atoms with Crippen molar-refractivity contribution in [2.24, 2.45) is 0 Å². The van der Waals surface area contributed by atoms with E-state index in [4.69, 9.17) is 0 Å². The van der Waals surface area contributed by atoms with E-state index in [1.807, 2.05) is 11.3 Å². The van der Waals surface area contributed by atoms with Crippen molar-refractivity contribution >= 4 is 80.9 Å². The van der Waals surface area contributed by atoms with Gasteiger partial charge in [-0.25, -0.2) is 0 Å². The highest BCUT2D eigenvalue weighted by atomic mass is 32.1. The van der Waals surface area contributed by atoms with Gasteiger partial charge in [0.1, 0.15) is 0 Å². The molecule has 0 unspecified atom stereocenters. The van der Waals surface area contributed by atoms with Gasteiger partial charge in [-0.05, 0) is 73.8 Å². The van der Waals surface area contributed by atoms with Gasteiger partial charge >= 0.3 is 0 Å². The van der Waals surface area contributed by atoms with Crippen LogP contribution in [-0.2, 0) is 0 Å². The van der Waals surface area contributed by atoms with Crippen molar-refractivity contribution in [2.45, 2.75) is 0 Å². The Kier molecular flexibility index (Phi) is 5.75. The van der Waals surface area contributed by atoms with E-state index in [1.54, 1.807) is 0 Å². The summed E-state index contributed by atoms with van der Waals surface area (Å²) >= 11 is 1.90. The third kappa shape index (κ3) is 4.00. The summed E-state index contributed by atoms with van der Waals surface area (Å²) in [5.41, 5.74) is 5.92. The standard InChI is InChI=1S/C42H27NS/c1-2-9-28(10-3-1)29-19-22-33(23-20-29)43(34-24-26-36-32(27-34)18-17-30-11-4-6-13-35(30)36)40-16-8-15-38-39-25-21-31-12-5-7-14-37(31)41(39)44-42(38)40/h1-27H. The molecule has 0 amide bonds. The van der Waals surface area contributed by atoms with Crippen LogP contribution in [0.3, 0.4) is 0 Å². The molecule has 9 aromatic rings. The van der Waals surface area contributed by atoms with Crippen molar-refractivity contribution < 1.29 is 0 Å². The lowest BCUT2D eigenvalue weighted by atomic mass is 10.0. The Balaban J connectivity index is 1.29. The smallest absolute Gasteiger partial charge is 0.0640 e. The molecule has 0 spiro atoms. The van der Waals surface area contributed by atoms with Crippen molar-refractivity contribution in [1.82, 2.24) is 0 Å². The van der Waals surface area contributed by atoms with Gasteiger partial charge in [-0.2, -0.15) is 0 Å². The minimum atomic E-state index is 1.14. The van der Waals surface area contributed by atoms with Crippen molar-refractivity contribution in [2.75, 3.05) is 4.90 Å². The van der Waals surface area contributed by atoms with Crippen LogP contribution < -0.4 is 4.90 Å². The van der Waals surface area contributed by atoms with Crippen LogP contribution in [0.4, 0.5) is 17.1 Å². The van der Waals surface area contributed by atoms with E-state index in [-0.39, 0.29) is 0 Å². The summed E-state index contributed by atoms with van der Waals surface area (Å²) in [7, 11) is 0. The second-order valence-corrected chi connectivity index (χ2v) is 12.4. The molecule has 1 aromatic heterocycles. The summed E-state index contributed by atoms with van der Waals surface area (Å²) in [6.07, 6.45) is 0. The normalized spacial score (nSPS) is 11.6. The van der Waals surface area contributed by atoms with Gasteiger partial charge in [0.05, 0.1) is 10.4 Å². The van der Waals surface area contributed by atoms with Crippen LogP contribution in [0.2, 0.25) is 0 Å². The SMILES string of the molecule is c1ccc(-c2ccc(N(c3ccc4c(ccc5ccccc54)c3)c3cccc4c3sc3c5ccccc5ccc43)cc2)cc1. The molecule has 2 heteroatoms. The highest BCUT2D eigenvalue weighted by Gasteiger charge is 2.19. The quantitative estimate of drug-likeness (QED) is 0.188. The van der Waals surface area contributed by atoms with Gasteiger partial charge in [-0.3, -0.25) is 0 Å². The Labute approximate surface area is 259 Å². The molecule has 0 aliphatic heterocycles. The minimum Gasteiger partial charge on any atom is -0.309 e. The number of thiophene rings is 1. The highest BCUT2D eigenvalue weighted by molar-refractivity contribution is 7.27. The van der Waals surface area contributed by atoms with Gasteiger partial charge in [-0.1, -0.05) is 133 Å². The predicted octanol–water partition coefficient (Wildman–Crippen LogP) is 12.7. The molecule has 0 N–H and O–H groups in total. The topological polar surface area (TPSA) is 3.24 Å². The maximum atomic E-state index is 2.43. The summed E-state index contributed by atoms with van der Waals surface area (Å²) < 4.78 is 2.64. The summed E-state index contributed by atoms with van der Waals surface area (Å²) in [4.78, 5) is 2.43. The number of fused-ring (bicyclic) bond motifs is 8. The van der Waals surface area contributed by atoms with Gasteiger partial charge in [0.15, 0.2) is 0 Å². The molecule has 44 heavy (non-hydrogen) atoms. The van der Waals surface area contributed by atoms with Crippen LogP contribution in [0.1, 0.15) is 0 Å². The number of anilines is 3. The molecule has 0 bridgehead atoms. The van der Waals surface area contributed by atoms with Crippen LogP contribution >= 0.6 is 11.3 Å².